The van der Waals surface area contributed by atoms with Gasteiger partial charge in [-0.15, -0.1) is 0 Å². The Hall–Kier alpha value is -3.09. The van der Waals surface area contributed by atoms with Crippen molar-refractivity contribution in [1.29, 1.82) is 0 Å². The van der Waals surface area contributed by atoms with Gasteiger partial charge in [0.15, 0.2) is 23.1 Å². The number of nitrogens with zero attached hydrogens (tertiary/aromatic N) is 3. The summed E-state index contributed by atoms with van der Waals surface area (Å²) in [6, 6.07) is 10.3. The van der Waals surface area contributed by atoms with Crippen molar-refractivity contribution in [3.8, 4) is 34.3 Å². The minimum absolute atomic E-state index is 0.301. The minimum atomic E-state index is -0.452. The second kappa shape index (κ2) is 6.90. The number of aromatic nitrogens is 3. The van der Waals surface area contributed by atoms with Crippen LogP contribution >= 0.6 is 0 Å². The van der Waals surface area contributed by atoms with Crippen LogP contribution < -0.4 is 14.2 Å². The number of halogens is 1. The molecule has 27 heavy (non-hydrogen) atoms. The van der Waals surface area contributed by atoms with Crippen molar-refractivity contribution in [3.05, 3.63) is 48.0 Å². The van der Waals surface area contributed by atoms with Crippen molar-refractivity contribution < 1.29 is 18.6 Å². The van der Waals surface area contributed by atoms with Crippen LogP contribution in [0.3, 0.4) is 0 Å². The lowest BCUT2D eigenvalue weighted by Crippen LogP contribution is -2.02. The van der Waals surface area contributed by atoms with Gasteiger partial charge >= 0.3 is 0 Å². The summed E-state index contributed by atoms with van der Waals surface area (Å²) < 4.78 is 32.3. The van der Waals surface area contributed by atoms with Crippen molar-refractivity contribution in [3.63, 3.8) is 0 Å². The van der Waals surface area contributed by atoms with E-state index in [2.05, 4.69) is 10.1 Å². The number of hydrogen-bond donors (Lipinski definition) is 0. The van der Waals surface area contributed by atoms with Gasteiger partial charge in [0.1, 0.15) is 11.6 Å². The molecule has 0 saturated heterocycles. The Morgan fingerprint density at radius 2 is 1.74 bits per heavy atom. The average molecular weight is 369 g/mol. The first-order valence-electron chi connectivity index (χ1n) is 8.68. The molecule has 0 radical (unpaired) electrons. The Morgan fingerprint density at radius 3 is 2.41 bits per heavy atom. The van der Waals surface area contributed by atoms with E-state index < -0.39 is 5.82 Å². The second-order valence-corrected chi connectivity index (χ2v) is 6.37. The summed E-state index contributed by atoms with van der Waals surface area (Å²) in [5.41, 5.74) is 1.05. The third-order valence-corrected chi connectivity index (χ3v) is 4.58. The largest absolute Gasteiger partial charge is 0.497 e. The molecule has 2 aromatic carbocycles. The molecule has 1 aliphatic rings. The molecule has 0 amide bonds. The van der Waals surface area contributed by atoms with Crippen LogP contribution in [0.1, 0.15) is 24.6 Å². The topological polar surface area (TPSA) is 58.4 Å². The first-order valence-corrected chi connectivity index (χ1v) is 8.68. The summed E-state index contributed by atoms with van der Waals surface area (Å²) in [6.07, 6.45) is 2.10. The molecule has 4 rings (SSSR count). The lowest BCUT2D eigenvalue weighted by molar-refractivity contribution is 0.352. The predicted octanol–water partition coefficient (Wildman–Crippen LogP) is 3.98. The monoisotopic (exact) mass is 369 g/mol. The molecule has 3 aromatic rings. The number of rotatable bonds is 6. The van der Waals surface area contributed by atoms with E-state index in [9.17, 15) is 4.39 Å². The molecule has 1 heterocycles. The molecule has 7 heteroatoms. The Morgan fingerprint density at radius 1 is 1.00 bits per heavy atom. The predicted molar refractivity (Wildman–Crippen MR) is 98.4 cm³/mol. The highest BCUT2D eigenvalue weighted by Crippen LogP contribution is 2.41. The summed E-state index contributed by atoms with van der Waals surface area (Å²) in [5, 5.41) is 4.64. The van der Waals surface area contributed by atoms with Crippen LogP contribution in [0.2, 0.25) is 0 Å². The number of ether oxygens (including phenoxy) is 3. The molecule has 140 valence electrons. The van der Waals surface area contributed by atoms with E-state index in [4.69, 9.17) is 14.2 Å². The Bertz CT molecular complexity index is 983. The van der Waals surface area contributed by atoms with Crippen molar-refractivity contribution >= 4 is 0 Å². The maximum atomic E-state index is 14.9. The zero-order valence-electron chi connectivity index (χ0n) is 15.4. The molecule has 0 aliphatic heterocycles. The quantitative estimate of drug-likeness (QED) is 0.658. The first kappa shape index (κ1) is 17.3. The van der Waals surface area contributed by atoms with Crippen molar-refractivity contribution in [2.75, 3.05) is 21.3 Å². The fourth-order valence-electron chi connectivity index (χ4n) is 2.96. The van der Waals surface area contributed by atoms with Crippen LogP contribution in [0.5, 0.6) is 17.2 Å². The van der Waals surface area contributed by atoms with Gasteiger partial charge in [-0.2, -0.15) is 5.10 Å². The third kappa shape index (κ3) is 3.20. The van der Waals surface area contributed by atoms with Gasteiger partial charge in [-0.25, -0.2) is 14.1 Å². The molecule has 1 fully saturated rings. The van der Waals surface area contributed by atoms with Crippen LogP contribution in [0.15, 0.2) is 36.4 Å². The fraction of sp³-hybridized carbons (Fsp3) is 0.300. The highest BCUT2D eigenvalue weighted by atomic mass is 19.1. The van der Waals surface area contributed by atoms with Gasteiger partial charge < -0.3 is 14.2 Å². The highest BCUT2D eigenvalue weighted by molar-refractivity contribution is 5.64. The maximum absolute atomic E-state index is 14.9. The van der Waals surface area contributed by atoms with E-state index in [0.29, 0.717) is 34.6 Å². The van der Waals surface area contributed by atoms with Crippen LogP contribution in [0.25, 0.3) is 17.1 Å². The van der Waals surface area contributed by atoms with Gasteiger partial charge in [-0.3, -0.25) is 0 Å². The minimum Gasteiger partial charge on any atom is -0.497 e. The van der Waals surface area contributed by atoms with Gasteiger partial charge in [0, 0.05) is 18.1 Å². The standard InChI is InChI=1S/C20H20FN3O3/c1-25-14-6-4-5-13(9-14)24-20(22-19(23-24)12-7-8-12)15-10-17(26-2)18(27-3)11-16(15)21/h4-6,9-12H,7-8H2,1-3H3. The van der Waals surface area contributed by atoms with Crippen LogP contribution in [0, 0.1) is 5.82 Å². The van der Waals surface area contributed by atoms with Crippen LogP contribution in [-0.4, -0.2) is 36.1 Å². The lowest BCUT2D eigenvalue weighted by Gasteiger charge is -2.12. The summed E-state index contributed by atoms with van der Waals surface area (Å²) in [6.45, 7) is 0. The fourth-order valence-corrected chi connectivity index (χ4v) is 2.96. The van der Waals surface area contributed by atoms with E-state index >= 15 is 0 Å². The number of benzene rings is 2. The van der Waals surface area contributed by atoms with Crippen molar-refractivity contribution in [2.45, 2.75) is 18.8 Å². The molecule has 0 bridgehead atoms. The Balaban J connectivity index is 1.90. The third-order valence-electron chi connectivity index (χ3n) is 4.58. The summed E-state index contributed by atoms with van der Waals surface area (Å²) in [4.78, 5) is 4.64. The van der Waals surface area contributed by atoms with Crippen LogP contribution in [-0.2, 0) is 0 Å². The second-order valence-electron chi connectivity index (χ2n) is 6.37. The summed E-state index contributed by atoms with van der Waals surface area (Å²) >= 11 is 0. The van der Waals surface area contributed by atoms with Gasteiger partial charge in [-0.05, 0) is 31.0 Å². The molecule has 1 saturated carbocycles. The highest BCUT2D eigenvalue weighted by Gasteiger charge is 2.30. The average Bonchev–Trinajstić information content (AvgIpc) is 3.46. The van der Waals surface area contributed by atoms with Gasteiger partial charge in [0.2, 0.25) is 0 Å². The number of hydrogen-bond acceptors (Lipinski definition) is 5. The zero-order valence-corrected chi connectivity index (χ0v) is 15.4. The summed E-state index contributed by atoms with van der Waals surface area (Å²) in [5.74, 6) is 2.47. The van der Waals surface area contributed by atoms with E-state index in [1.54, 1.807) is 17.9 Å². The van der Waals surface area contributed by atoms with Crippen molar-refractivity contribution in [2.24, 2.45) is 0 Å². The van der Waals surface area contributed by atoms with E-state index in [1.165, 1.54) is 20.3 Å². The van der Waals surface area contributed by atoms with Crippen LogP contribution in [0.4, 0.5) is 4.39 Å². The molecule has 1 aromatic heterocycles. The maximum Gasteiger partial charge on any atom is 0.166 e. The van der Waals surface area contributed by atoms with Gasteiger partial charge in [0.05, 0.1) is 32.6 Å². The molecule has 0 N–H and O–H groups in total. The number of methoxy groups -OCH3 is 3. The Kier molecular flexibility index (Phi) is 4.43. The smallest absolute Gasteiger partial charge is 0.166 e. The first-order chi connectivity index (χ1) is 13.1. The molecule has 0 atom stereocenters. The molecular formula is C20H20FN3O3. The van der Waals surface area contributed by atoms with E-state index in [0.717, 1.165) is 24.4 Å². The van der Waals surface area contributed by atoms with Gasteiger partial charge in [-0.1, -0.05) is 6.07 Å². The Labute approximate surface area is 156 Å². The van der Waals surface area contributed by atoms with Gasteiger partial charge in [0.25, 0.3) is 0 Å². The molecular weight excluding hydrogens is 349 g/mol. The zero-order chi connectivity index (χ0) is 19.0. The summed E-state index contributed by atoms with van der Waals surface area (Å²) in [7, 11) is 4.59. The van der Waals surface area contributed by atoms with Crippen molar-refractivity contribution in [1.82, 2.24) is 14.8 Å². The lowest BCUT2D eigenvalue weighted by atomic mass is 10.1. The SMILES string of the molecule is COc1cccc(-n2nc(C3CC3)nc2-c2cc(OC)c(OC)cc2F)c1. The molecule has 1 aliphatic carbocycles. The molecule has 0 unspecified atom stereocenters. The van der Waals surface area contributed by atoms with E-state index in [1.807, 2.05) is 24.3 Å². The normalized spacial score (nSPS) is 13.5. The van der Waals surface area contributed by atoms with E-state index in [-0.39, 0.29) is 0 Å². The molecule has 0 spiro atoms. The molecule has 6 nitrogen and oxygen atoms in total.